The zero-order valence-corrected chi connectivity index (χ0v) is 14.6. The SMILES string of the molecule is Cc1nc2ccccn2c1C(=O)NCC1(c2ccsc2)CCCC1. The van der Waals surface area contributed by atoms with Crippen molar-refractivity contribution in [3.8, 4) is 0 Å². The van der Waals surface area contributed by atoms with Crippen LogP contribution in [0.15, 0.2) is 41.2 Å². The number of rotatable bonds is 4. The Bertz CT molecular complexity index is 860. The summed E-state index contributed by atoms with van der Waals surface area (Å²) >= 11 is 1.73. The molecule has 0 saturated heterocycles. The highest BCUT2D eigenvalue weighted by Crippen LogP contribution is 2.41. The topological polar surface area (TPSA) is 46.4 Å². The molecular formula is C19H21N3OS. The van der Waals surface area contributed by atoms with Crippen LogP contribution in [0.25, 0.3) is 5.65 Å². The maximum Gasteiger partial charge on any atom is 0.270 e. The van der Waals surface area contributed by atoms with E-state index in [4.69, 9.17) is 0 Å². The number of fused-ring (bicyclic) bond motifs is 1. The number of amides is 1. The normalized spacial score (nSPS) is 16.5. The van der Waals surface area contributed by atoms with Crippen LogP contribution < -0.4 is 5.32 Å². The fourth-order valence-electron chi connectivity index (χ4n) is 3.91. The monoisotopic (exact) mass is 339 g/mol. The predicted molar refractivity (Wildman–Crippen MR) is 96.7 cm³/mol. The molecule has 0 aliphatic heterocycles. The van der Waals surface area contributed by atoms with Crippen LogP contribution >= 0.6 is 11.3 Å². The summed E-state index contributed by atoms with van der Waals surface area (Å²) in [6.07, 6.45) is 6.67. The highest BCUT2D eigenvalue weighted by molar-refractivity contribution is 7.08. The Balaban J connectivity index is 1.59. The average Bonchev–Trinajstić information content (AvgIpc) is 3.31. The molecule has 0 aromatic carbocycles. The second kappa shape index (κ2) is 6.06. The molecule has 3 heterocycles. The first-order valence-corrected chi connectivity index (χ1v) is 9.38. The lowest BCUT2D eigenvalue weighted by atomic mass is 9.80. The number of aryl methyl sites for hydroxylation is 1. The highest BCUT2D eigenvalue weighted by Gasteiger charge is 2.36. The highest BCUT2D eigenvalue weighted by atomic mass is 32.1. The molecule has 0 unspecified atom stereocenters. The van der Waals surface area contributed by atoms with E-state index < -0.39 is 0 Å². The van der Waals surface area contributed by atoms with Gasteiger partial charge in [0.25, 0.3) is 5.91 Å². The predicted octanol–water partition coefficient (Wildman–Crippen LogP) is 3.95. The lowest BCUT2D eigenvalue weighted by Crippen LogP contribution is -2.39. The summed E-state index contributed by atoms with van der Waals surface area (Å²) in [4.78, 5) is 17.3. The smallest absolute Gasteiger partial charge is 0.270 e. The average molecular weight is 339 g/mol. The van der Waals surface area contributed by atoms with Gasteiger partial charge in [-0.1, -0.05) is 18.9 Å². The van der Waals surface area contributed by atoms with Crippen LogP contribution in [0.5, 0.6) is 0 Å². The van der Waals surface area contributed by atoms with E-state index in [1.807, 2.05) is 35.7 Å². The summed E-state index contributed by atoms with van der Waals surface area (Å²) in [5.74, 6) is -0.0345. The molecule has 3 aromatic rings. The number of imidazole rings is 1. The number of nitrogens with zero attached hydrogens (tertiary/aromatic N) is 2. The first-order valence-electron chi connectivity index (χ1n) is 8.44. The summed E-state index contributed by atoms with van der Waals surface area (Å²) in [6.45, 7) is 2.59. The maximum absolute atomic E-state index is 12.8. The van der Waals surface area contributed by atoms with Gasteiger partial charge in [-0.3, -0.25) is 9.20 Å². The van der Waals surface area contributed by atoms with Crippen LogP contribution in [-0.4, -0.2) is 21.8 Å². The van der Waals surface area contributed by atoms with Gasteiger partial charge >= 0.3 is 0 Å². The second-order valence-electron chi connectivity index (χ2n) is 6.66. The summed E-state index contributed by atoms with van der Waals surface area (Å²) in [5, 5.41) is 7.56. The molecule has 1 N–H and O–H groups in total. The summed E-state index contributed by atoms with van der Waals surface area (Å²) in [6, 6.07) is 8.00. The molecule has 124 valence electrons. The standard InChI is InChI=1S/C19H21N3OS/c1-14-17(22-10-5-2-6-16(22)21-14)18(23)20-13-19(8-3-4-9-19)15-7-11-24-12-15/h2,5-7,10-12H,3-4,8-9,13H2,1H3,(H,20,23). The Morgan fingerprint density at radius 1 is 1.33 bits per heavy atom. The minimum Gasteiger partial charge on any atom is -0.350 e. The number of nitrogens with one attached hydrogen (secondary N) is 1. The fourth-order valence-corrected chi connectivity index (χ4v) is 4.68. The van der Waals surface area contributed by atoms with Crippen molar-refractivity contribution in [2.45, 2.75) is 38.0 Å². The first kappa shape index (κ1) is 15.4. The molecule has 4 nitrogen and oxygen atoms in total. The van der Waals surface area contributed by atoms with Crippen LogP contribution in [0.4, 0.5) is 0 Å². The molecule has 1 aliphatic carbocycles. The van der Waals surface area contributed by atoms with Gasteiger partial charge in [0.2, 0.25) is 0 Å². The van der Waals surface area contributed by atoms with Crippen LogP contribution in [-0.2, 0) is 5.41 Å². The number of thiophene rings is 1. The van der Waals surface area contributed by atoms with Gasteiger partial charge in [0.1, 0.15) is 11.3 Å². The minimum atomic E-state index is -0.0345. The molecule has 1 saturated carbocycles. The van der Waals surface area contributed by atoms with Crippen molar-refractivity contribution in [3.63, 3.8) is 0 Å². The largest absolute Gasteiger partial charge is 0.350 e. The van der Waals surface area contributed by atoms with Crippen molar-refractivity contribution in [1.82, 2.24) is 14.7 Å². The van der Waals surface area contributed by atoms with Crippen LogP contribution in [0.1, 0.15) is 47.4 Å². The number of hydrogen-bond acceptors (Lipinski definition) is 3. The van der Waals surface area contributed by atoms with Crippen molar-refractivity contribution in [3.05, 3.63) is 58.2 Å². The molecule has 4 rings (SSSR count). The number of pyridine rings is 1. The molecule has 0 spiro atoms. The van der Waals surface area contributed by atoms with Crippen molar-refractivity contribution in [2.75, 3.05) is 6.54 Å². The van der Waals surface area contributed by atoms with Crippen LogP contribution in [0.3, 0.4) is 0 Å². The third-order valence-corrected chi connectivity index (χ3v) is 5.88. The summed E-state index contributed by atoms with van der Waals surface area (Å²) in [7, 11) is 0. The van der Waals surface area contributed by atoms with E-state index in [0.717, 1.165) is 24.2 Å². The Kier molecular flexibility index (Phi) is 3.88. The Hall–Kier alpha value is -2.14. The van der Waals surface area contributed by atoms with Crippen molar-refractivity contribution >= 4 is 22.9 Å². The summed E-state index contributed by atoms with van der Waals surface area (Å²) in [5.41, 5.74) is 3.71. The molecule has 1 aliphatic rings. The number of hydrogen-bond donors (Lipinski definition) is 1. The van der Waals surface area contributed by atoms with Crippen molar-refractivity contribution in [2.24, 2.45) is 0 Å². The lowest BCUT2D eigenvalue weighted by Gasteiger charge is -2.28. The third kappa shape index (κ3) is 2.53. The zero-order chi connectivity index (χ0) is 16.6. The minimum absolute atomic E-state index is 0.0345. The molecule has 1 amide bonds. The molecule has 24 heavy (non-hydrogen) atoms. The van der Waals surface area contributed by atoms with Gasteiger partial charge in [-0.05, 0) is 54.3 Å². The van der Waals surface area contributed by atoms with E-state index >= 15 is 0 Å². The quantitative estimate of drug-likeness (QED) is 0.782. The van der Waals surface area contributed by atoms with Crippen molar-refractivity contribution in [1.29, 1.82) is 0 Å². The van der Waals surface area contributed by atoms with Gasteiger partial charge in [0.15, 0.2) is 0 Å². The third-order valence-electron chi connectivity index (χ3n) is 5.20. The van der Waals surface area contributed by atoms with Crippen molar-refractivity contribution < 1.29 is 4.79 Å². The van der Waals surface area contributed by atoms with Gasteiger partial charge < -0.3 is 5.32 Å². The van der Waals surface area contributed by atoms with E-state index in [9.17, 15) is 4.79 Å². The lowest BCUT2D eigenvalue weighted by molar-refractivity contribution is 0.0936. The number of carbonyl (C=O) groups excluding carboxylic acids is 1. The molecule has 5 heteroatoms. The van der Waals surface area contributed by atoms with Gasteiger partial charge in [-0.25, -0.2) is 4.98 Å². The Labute approximate surface area is 145 Å². The van der Waals surface area contributed by atoms with E-state index in [1.54, 1.807) is 11.3 Å². The molecule has 0 atom stereocenters. The van der Waals surface area contributed by atoms with Gasteiger partial charge in [-0.15, -0.1) is 0 Å². The Morgan fingerprint density at radius 3 is 2.92 bits per heavy atom. The molecule has 0 bridgehead atoms. The van der Waals surface area contributed by atoms with Gasteiger partial charge in [0.05, 0.1) is 5.69 Å². The summed E-state index contributed by atoms with van der Waals surface area (Å²) < 4.78 is 1.87. The van der Waals surface area contributed by atoms with E-state index in [1.165, 1.54) is 18.4 Å². The Morgan fingerprint density at radius 2 is 2.17 bits per heavy atom. The molecule has 1 fully saturated rings. The van der Waals surface area contributed by atoms with Gasteiger partial charge in [-0.2, -0.15) is 11.3 Å². The van der Waals surface area contributed by atoms with E-state index in [2.05, 4.69) is 27.1 Å². The maximum atomic E-state index is 12.8. The fraction of sp³-hybridized carbons (Fsp3) is 0.368. The zero-order valence-electron chi connectivity index (χ0n) is 13.8. The first-order chi connectivity index (χ1) is 11.7. The molecule has 0 radical (unpaired) electrons. The van der Waals surface area contributed by atoms with E-state index in [0.29, 0.717) is 12.2 Å². The second-order valence-corrected chi connectivity index (χ2v) is 7.44. The van der Waals surface area contributed by atoms with E-state index in [-0.39, 0.29) is 11.3 Å². The number of carbonyl (C=O) groups is 1. The molecular weight excluding hydrogens is 318 g/mol. The van der Waals surface area contributed by atoms with Gasteiger partial charge in [0, 0.05) is 18.2 Å². The van der Waals surface area contributed by atoms with Crippen LogP contribution in [0.2, 0.25) is 0 Å². The number of aromatic nitrogens is 2. The van der Waals surface area contributed by atoms with Crippen LogP contribution in [0, 0.1) is 6.92 Å². The molecule has 3 aromatic heterocycles.